The van der Waals surface area contributed by atoms with E-state index in [2.05, 4.69) is 32.7 Å². The molecule has 1 aliphatic rings. The van der Waals surface area contributed by atoms with Crippen molar-refractivity contribution in [2.45, 2.75) is 26.2 Å². The number of hydrogen-bond acceptors (Lipinski definition) is 6. The zero-order chi connectivity index (χ0) is 19.1. The Balaban J connectivity index is 1.42. The number of anilines is 1. The van der Waals surface area contributed by atoms with Gasteiger partial charge in [-0.05, 0) is 50.4 Å². The Kier molecular flexibility index (Phi) is 6.89. The van der Waals surface area contributed by atoms with E-state index in [4.69, 9.17) is 0 Å². The summed E-state index contributed by atoms with van der Waals surface area (Å²) in [7, 11) is 0. The molecule has 144 valence electrons. The Hall–Kier alpha value is -2.32. The van der Waals surface area contributed by atoms with Gasteiger partial charge in [0.2, 0.25) is 10.0 Å². The van der Waals surface area contributed by atoms with Crippen LogP contribution in [-0.4, -0.2) is 53.1 Å². The van der Waals surface area contributed by atoms with Crippen molar-refractivity contribution < 1.29 is 9.59 Å². The van der Waals surface area contributed by atoms with E-state index in [1.165, 1.54) is 12.8 Å². The lowest BCUT2D eigenvalue weighted by molar-refractivity contribution is 0.0947. The van der Waals surface area contributed by atoms with E-state index in [9.17, 15) is 9.59 Å². The summed E-state index contributed by atoms with van der Waals surface area (Å²) >= 11 is 0.998. The number of para-hydroxylation sites is 1. The number of carbonyl (C=O) groups excluding carboxylic acids is 2. The van der Waals surface area contributed by atoms with Crippen molar-refractivity contribution in [3.8, 4) is 0 Å². The highest BCUT2D eigenvalue weighted by atomic mass is 32.1. The molecule has 2 heterocycles. The SMILES string of the molecule is C[C@@H]1CCCN(CCCNC(=O)c2nnc(C(=O)Nc3ccccc3)s2)C1. The average molecular weight is 388 g/mol. The number of piperidine rings is 1. The van der Waals surface area contributed by atoms with Gasteiger partial charge in [0.25, 0.3) is 11.8 Å². The van der Waals surface area contributed by atoms with Crippen molar-refractivity contribution in [3.05, 3.63) is 40.3 Å². The first-order chi connectivity index (χ1) is 13.1. The summed E-state index contributed by atoms with van der Waals surface area (Å²) in [6, 6.07) is 9.11. The molecule has 0 unspecified atom stereocenters. The van der Waals surface area contributed by atoms with Gasteiger partial charge in [-0.3, -0.25) is 9.59 Å². The van der Waals surface area contributed by atoms with Crippen LogP contribution < -0.4 is 10.6 Å². The van der Waals surface area contributed by atoms with Gasteiger partial charge in [-0.2, -0.15) is 0 Å². The van der Waals surface area contributed by atoms with Gasteiger partial charge in [-0.15, -0.1) is 10.2 Å². The molecular formula is C19H25N5O2S. The van der Waals surface area contributed by atoms with Crippen LogP contribution in [0.2, 0.25) is 0 Å². The highest BCUT2D eigenvalue weighted by Crippen LogP contribution is 2.15. The first-order valence-corrected chi connectivity index (χ1v) is 10.1. The molecule has 1 atom stereocenters. The van der Waals surface area contributed by atoms with Gasteiger partial charge in [0, 0.05) is 18.8 Å². The zero-order valence-electron chi connectivity index (χ0n) is 15.5. The summed E-state index contributed by atoms with van der Waals surface area (Å²) in [6.45, 7) is 6.16. The van der Waals surface area contributed by atoms with Crippen molar-refractivity contribution in [1.29, 1.82) is 0 Å². The molecule has 7 nitrogen and oxygen atoms in total. The van der Waals surface area contributed by atoms with Crippen LogP contribution in [0.3, 0.4) is 0 Å². The topological polar surface area (TPSA) is 87.2 Å². The number of nitrogens with one attached hydrogen (secondary N) is 2. The number of rotatable bonds is 7. The lowest BCUT2D eigenvalue weighted by atomic mass is 10.0. The second-order valence-corrected chi connectivity index (χ2v) is 7.87. The van der Waals surface area contributed by atoms with E-state index in [1.807, 2.05) is 18.2 Å². The third-order valence-electron chi connectivity index (χ3n) is 4.52. The molecule has 0 aliphatic carbocycles. The molecule has 27 heavy (non-hydrogen) atoms. The van der Waals surface area contributed by atoms with Crippen LogP contribution in [0.1, 0.15) is 45.8 Å². The largest absolute Gasteiger partial charge is 0.350 e. The fourth-order valence-corrected chi connectivity index (χ4v) is 3.84. The first-order valence-electron chi connectivity index (χ1n) is 9.32. The smallest absolute Gasteiger partial charge is 0.286 e. The Morgan fingerprint density at radius 3 is 2.67 bits per heavy atom. The number of likely N-dealkylation sites (tertiary alicyclic amines) is 1. The van der Waals surface area contributed by atoms with Gasteiger partial charge in [0.05, 0.1) is 0 Å². The molecule has 8 heteroatoms. The monoisotopic (exact) mass is 387 g/mol. The Morgan fingerprint density at radius 1 is 1.19 bits per heavy atom. The fourth-order valence-electron chi connectivity index (χ4n) is 3.18. The minimum atomic E-state index is -0.364. The molecule has 0 saturated carbocycles. The number of carbonyl (C=O) groups is 2. The predicted octanol–water partition coefficient (Wildman–Crippen LogP) is 2.64. The first kappa shape index (κ1) is 19.4. The zero-order valence-corrected chi connectivity index (χ0v) is 16.3. The maximum absolute atomic E-state index is 12.2. The quantitative estimate of drug-likeness (QED) is 0.713. The van der Waals surface area contributed by atoms with Crippen LogP contribution in [0.5, 0.6) is 0 Å². The lowest BCUT2D eigenvalue weighted by Crippen LogP contribution is -2.36. The molecule has 2 N–H and O–H groups in total. The number of benzene rings is 1. The van der Waals surface area contributed by atoms with Gasteiger partial charge >= 0.3 is 0 Å². The maximum atomic E-state index is 12.2. The van der Waals surface area contributed by atoms with E-state index in [1.54, 1.807) is 12.1 Å². The van der Waals surface area contributed by atoms with Gasteiger partial charge in [0.1, 0.15) is 0 Å². The van der Waals surface area contributed by atoms with E-state index in [0.717, 1.165) is 43.3 Å². The van der Waals surface area contributed by atoms with Gasteiger partial charge in [0.15, 0.2) is 0 Å². The normalized spacial score (nSPS) is 17.4. The Labute approximate surface area is 163 Å². The third-order valence-corrected chi connectivity index (χ3v) is 5.44. The average Bonchev–Trinajstić information content (AvgIpc) is 3.16. The van der Waals surface area contributed by atoms with Crippen molar-refractivity contribution >= 4 is 28.8 Å². The number of hydrogen-bond donors (Lipinski definition) is 2. The van der Waals surface area contributed by atoms with E-state index in [0.29, 0.717) is 12.2 Å². The minimum absolute atomic E-state index is 0.173. The molecule has 0 radical (unpaired) electrons. The molecule has 1 aromatic carbocycles. The summed E-state index contributed by atoms with van der Waals surface area (Å²) in [5.74, 6) is 0.116. The van der Waals surface area contributed by atoms with Gasteiger partial charge in [-0.1, -0.05) is 36.5 Å². The van der Waals surface area contributed by atoms with Crippen LogP contribution in [-0.2, 0) is 0 Å². The van der Waals surface area contributed by atoms with Crippen LogP contribution in [0, 0.1) is 5.92 Å². The van der Waals surface area contributed by atoms with Crippen molar-refractivity contribution in [2.75, 3.05) is 31.5 Å². The second-order valence-electron chi connectivity index (χ2n) is 6.89. The molecule has 0 bridgehead atoms. The van der Waals surface area contributed by atoms with E-state index in [-0.39, 0.29) is 21.8 Å². The number of aromatic nitrogens is 2. The summed E-state index contributed by atoms with van der Waals surface area (Å²) in [5.41, 5.74) is 0.677. The van der Waals surface area contributed by atoms with E-state index >= 15 is 0 Å². The molecule has 3 rings (SSSR count). The molecule has 1 aromatic heterocycles. The molecule has 0 spiro atoms. The Bertz CT molecular complexity index is 764. The van der Waals surface area contributed by atoms with Crippen molar-refractivity contribution in [3.63, 3.8) is 0 Å². The van der Waals surface area contributed by atoms with E-state index < -0.39 is 0 Å². The summed E-state index contributed by atoms with van der Waals surface area (Å²) in [6.07, 6.45) is 3.47. The van der Waals surface area contributed by atoms with Crippen LogP contribution in [0.15, 0.2) is 30.3 Å². The molecule has 2 amide bonds. The summed E-state index contributed by atoms with van der Waals surface area (Å²) in [5, 5.41) is 13.7. The number of nitrogens with zero attached hydrogens (tertiary/aromatic N) is 3. The maximum Gasteiger partial charge on any atom is 0.286 e. The number of amides is 2. The molecular weight excluding hydrogens is 362 g/mol. The van der Waals surface area contributed by atoms with Crippen molar-refractivity contribution in [2.24, 2.45) is 5.92 Å². The molecule has 1 saturated heterocycles. The third kappa shape index (κ3) is 5.83. The van der Waals surface area contributed by atoms with Crippen LogP contribution in [0.4, 0.5) is 5.69 Å². The molecule has 1 aliphatic heterocycles. The summed E-state index contributed by atoms with van der Waals surface area (Å²) in [4.78, 5) is 26.8. The highest BCUT2D eigenvalue weighted by molar-refractivity contribution is 7.15. The summed E-state index contributed by atoms with van der Waals surface area (Å²) < 4.78 is 0. The Morgan fingerprint density at radius 2 is 1.93 bits per heavy atom. The van der Waals surface area contributed by atoms with Crippen LogP contribution >= 0.6 is 11.3 Å². The standard InChI is InChI=1S/C19H25N5O2S/c1-14-7-5-11-24(13-14)12-6-10-20-16(25)18-22-23-19(27-18)17(26)21-15-8-3-2-4-9-15/h2-4,8-9,14H,5-7,10-13H2,1H3,(H,20,25)(H,21,26)/t14-/m1/s1. The van der Waals surface area contributed by atoms with Crippen molar-refractivity contribution in [1.82, 2.24) is 20.4 Å². The minimum Gasteiger partial charge on any atom is -0.350 e. The lowest BCUT2D eigenvalue weighted by Gasteiger charge is -2.30. The highest BCUT2D eigenvalue weighted by Gasteiger charge is 2.18. The predicted molar refractivity (Wildman–Crippen MR) is 106 cm³/mol. The fraction of sp³-hybridized carbons (Fsp3) is 0.474. The van der Waals surface area contributed by atoms with Gasteiger partial charge in [-0.25, -0.2) is 0 Å². The second kappa shape index (κ2) is 9.57. The molecule has 2 aromatic rings. The van der Waals surface area contributed by atoms with Gasteiger partial charge < -0.3 is 15.5 Å². The molecule has 1 fully saturated rings. The van der Waals surface area contributed by atoms with Crippen LogP contribution in [0.25, 0.3) is 0 Å².